The Balaban J connectivity index is 0.874. The van der Waals surface area contributed by atoms with Crippen LogP contribution in [-0.4, -0.2) is 177 Å². The number of aryl methyl sites for hydroxylation is 1. The first-order valence-electron chi connectivity index (χ1n) is 25.2. The Hall–Kier alpha value is -5.64. The van der Waals surface area contributed by atoms with Gasteiger partial charge in [0.05, 0.1) is 45.6 Å². The number of unbranched alkanes of at least 4 members (excludes halogenated alkanes) is 3. The topological polar surface area (TPSA) is 571 Å². The summed E-state index contributed by atoms with van der Waals surface area (Å²) in [6, 6.07) is 0. The molecule has 6 aromatic heterocycles. The average molecular weight is 1270 g/mol. The molecule has 0 aromatic carbocycles. The van der Waals surface area contributed by atoms with Crippen molar-refractivity contribution in [3.63, 3.8) is 0 Å². The van der Waals surface area contributed by atoms with E-state index in [1.807, 2.05) is 6.92 Å². The maximum Gasteiger partial charge on any atom is 0.490 e. The number of hydrogen-bond acceptors (Lipinski definition) is 29. The monoisotopic (exact) mass is 1270 g/mol. The van der Waals surface area contributed by atoms with E-state index in [2.05, 4.69) is 53.8 Å². The fourth-order valence-corrected chi connectivity index (χ4v) is 14.2. The van der Waals surface area contributed by atoms with Crippen molar-refractivity contribution in [2.45, 2.75) is 107 Å². The van der Waals surface area contributed by atoms with Crippen LogP contribution >= 0.6 is 31.3 Å². The van der Waals surface area contributed by atoms with Crippen LogP contribution in [0.25, 0.3) is 33.5 Å². The first-order chi connectivity index (χ1) is 39.6. The van der Waals surface area contributed by atoms with Gasteiger partial charge in [-0.05, 0) is 6.42 Å². The van der Waals surface area contributed by atoms with Crippen LogP contribution in [0.3, 0.4) is 0 Å². The lowest BCUT2D eigenvalue weighted by atomic mass is 9.94. The Morgan fingerprint density at radius 3 is 2.04 bits per heavy atom. The Kier molecular flexibility index (Phi) is 18.7. The van der Waals surface area contributed by atoms with Crippen LogP contribution in [0, 0.1) is 5.92 Å². The number of phosphoric ester groups is 3. The molecule has 0 aliphatic carbocycles. The van der Waals surface area contributed by atoms with Crippen molar-refractivity contribution in [1.82, 2.24) is 58.9 Å². The minimum atomic E-state index is -6.25. The van der Waals surface area contributed by atoms with Crippen molar-refractivity contribution in [1.29, 1.82) is 0 Å². The second-order valence-corrected chi connectivity index (χ2v) is 25.3. The molecule has 6 aromatic rings. The van der Waals surface area contributed by atoms with Crippen LogP contribution in [0.5, 0.6) is 0 Å². The van der Waals surface area contributed by atoms with Crippen molar-refractivity contribution in [3.8, 4) is 0 Å². The van der Waals surface area contributed by atoms with Gasteiger partial charge in [0.2, 0.25) is 23.6 Å². The molecule has 1 amide bonds. The minimum absolute atomic E-state index is 0.00388. The molecule has 40 nitrogen and oxygen atoms in total. The number of H-pyrrole nitrogens is 2. The largest absolute Gasteiger partial charge is 0.490 e. The van der Waals surface area contributed by atoms with Gasteiger partial charge in [-0.2, -0.15) is 13.6 Å². The van der Waals surface area contributed by atoms with Crippen molar-refractivity contribution in [2.24, 2.45) is 13.0 Å². The first-order valence-corrected chi connectivity index (χ1v) is 31.2. The van der Waals surface area contributed by atoms with E-state index in [1.54, 1.807) is 0 Å². The van der Waals surface area contributed by atoms with E-state index in [0.29, 0.717) is 6.42 Å². The molecule has 9 heterocycles. The number of methoxy groups -OCH3 is 1. The third kappa shape index (κ3) is 13.6. The molecule has 3 saturated heterocycles. The summed E-state index contributed by atoms with van der Waals surface area (Å²) in [6.45, 7) is -1.04. The molecular weight excluding hydrogens is 1210 g/mol. The van der Waals surface area contributed by atoms with Crippen molar-refractivity contribution >= 4 is 88.4 Å². The number of ether oxygens (including phenoxy) is 4. The number of rotatable bonds is 26. The number of aliphatic hydroxyl groups is 3. The molecule has 462 valence electrons. The lowest BCUT2D eigenvalue weighted by Crippen LogP contribution is -2.45. The molecule has 0 radical (unpaired) electrons. The van der Waals surface area contributed by atoms with E-state index in [-0.39, 0.29) is 57.8 Å². The number of nitrogen functional groups attached to an aromatic ring is 3. The second kappa shape index (κ2) is 25.0. The normalized spacial score (nSPS) is 28.4. The molecule has 0 bridgehead atoms. The molecule has 44 heteroatoms. The van der Waals surface area contributed by atoms with Gasteiger partial charge >= 0.3 is 36.9 Å². The predicted molar refractivity (Wildman–Crippen MR) is 278 cm³/mol. The third-order valence-corrected chi connectivity index (χ3v) is 18.8. The van der Waals surface area contributed by atoms with Crippen LogP contribution in [-0.2, 0) is 75.8 Å². The van der Waals surface area contributed by atoms with Gasteiger partial charge in [0, 0.05) is 26.0 Å². The smallest absolute Gasteiger partial charge is 0.387 e. The summed E-state index contributed by atoms with van der Waals surface area (Å²) in [7, 11) is -21.0. The number of aromatic amines is 2. The van der Waals surface area contributed by atoms with Crippen molar-refractivity contribution in [2.75, 3.05) is 50.7 Å². The molecule has 16 N–H and O–H groups in total. The highest BCUT2D eigenvalue weighted by Crippen LogP contribution is 2.68. The number of carbonyl (C=O) groups excluding carboxylic acids is 1. The van der Waals surface area contributed by atoms with Gasteiger partial charge < -0.3 is 76.4 Å². The minimum Gasteiger partial charge on any atom is -0.387 e. The van der Waals surface area contributed by atoms with Crippen molar-refractivity contribution in [3.05, 3.63) is 46.0 Å². The molecule has 9 rings (SSSR count). The van der Waals surface area contributed by atoms with Gasteiger partial charge in [-0.3, -0.25) is 56.1 Å². The highest BCUT2D eigenvalue weighted by atomic mass is 31.3. The number of aromatic nitrogens is 12. The predicted octanol–water partition coefficient (Wildman–Crippen LogP) is -2.37. The van der Waals surface area contributed by atoms with E-state index in [9.17, 15) is 67.5 Å². The number of carbonyl (C=O) groups is 1. The summed E-state index contributed by atoms with van der Waals surface area (Å²) in [5.74, 6) is -2.52. The average Bonchev–Trinajstić information content (AvgIpc) is 4.47. The Morgan fingerprint density at radius 1 is 0.726 bits per heavy atom. The molecule has 3 aliphatic heterocycles. The number of nitrogens with two attached hydrogens (primary N) is 3. The number of fused-ring (bicyclic) bond motifs is 3. The van der Waals surface area contributed by atoms with E-state index >= 15 is 0 Å². The van der Waals surface area contributed by atoms with Crippen LogP contribution in [0.15, 0.2) is 34.9 Å². The Labute approximate surface area is 470 Å². The number of hydrogen-bond donors (Lipinski definition) is 13. The fraction of sp³-hybridized carbons (Fsp3) is 0.600. The van der Waals surface area contributed by atoms with Crippen LogP contribution in [0.2, 0.25) is 0 Å². The zero-order valence-electron chi connectivity index (χ0n) is 44.2. The summed E-state index contributed by atoms with van der Waals surface area (Å²) in [5.41, 5.74) is 15.7. The summed E-state index contributed by atoms with van der Waals surface area (Å²) in [6.07, 6.45) is -10.6. The number of nitrogens with one attached hydrogen (secondary N) is 3. The zero-order chi connectivity index (χ0) is 60.8. The highest BCUT2D eigenvalue weighted by molar-refractivity contribution is 7.66. The fourth-order valence-electron chi connectivity index (χ4n) is 9.69. The standard InChI is InChI=1S/C40H58N16O24P4/c1-4-5-6-7-8-44-21(57)9-17-18(75-36(25(17)58)56-16-53(2)24-33(56)50-40(43)52-35(24)62)10-73-82(65,66)79-84(69,70)80-83(67,68)74-12-20-28(29(71-3)38(77-20)54-14-47-22-30(41)45-13-46-31(22)54)78-81(63,64)72-11-19-26(59)27(60)37(76-19)55-15-48-23-32(55)49-39(42)51-34(23)61/h13-20,25-29,36-38,58-60H,4-12H2,1-3H3,(H12-,41,42,43,44,45,46,49,50,51,52,57,61,62,63,64,65,66,67,68,69,70)/p+1/t17-,18-,19-,20-,25-,26-,27-,28-,29-,36-,37-,38-/m1/s1. The molecule has 16 atom stereocenters. The van der Waals surface area contributed by atoms with Gasteiger partial charge in [-0.15, -0.1) is 0 Å². The highest BCUT2D eigenvalue weighted by Gasteiger charge is 2.54. The van der Waals surface area contributed by atoms with Crippen LogP contribution < -0.4 is 38.2 Å². The lowest BCUT2D eigenvalue weighted by Gasteiger charge is -2.26. The second-order valence-electron chi connectivity index (χ2n) is 19.3. The van der Waals surface area contributed by atoms with Gasteiger partial charge in [0.1, 0.15) is 54.6 Å². The SMILES string of the molecule is CCCCCCNC(=O)C[C@H]1[C@@H](O)[C@H]([n+]2cn(C)c3c(=O)[nH]c(N)nc32)O[C@@H]1COP(=O)(O)OP(=O)(O)OP(=O)(O)OC[C@H]1O[C@@H](n2cnc3c(N)ncnc32)[C@H](OC)[C@@H]1OP(=O)(O)OC[C@H]1O[C@@H](n2cnc3c(=O)[nH]c(N)nc32)[C@H](O)[C@@H]1O. The quantitative estimate of drug-likeness (QED) is 0.0153. The summed E-state index contributed by atoms with van der Waals surface area (Å²) in [4.78, 5) is 110. The van der Waals surface area contributed by atoms with E-state index < -0.39 is 148 Å². The summed E-state index contributed by atoms with van der Waals surface area (Å²) < 4.78 is 111. The van der Waals surface area contributed by atoms with Gasteiger partial charge in [-0.1, -0.05) is 31.2 Å². The summed E-state index contributed by atoms with van der Waals surface area (Å²) in [5, 5.41) is 36.2. The number of phosphoric acid groups is 4. The molecule has 4 unspecified atom stereocenters. The Bertz CT molecular complexity index is 3720. The molecule has 3 aliphatic rings. The van der Waals surface area contributed by atoms with Gasteiger partial charge in [0.15, 0.2) is 41.4 Å². The number of aliphatic hydroxyl groups excluding tert-OH is 3. The maximum absolute atomic E-state index is 13.8. The van der Waals surface area contributed by atoms with E-state index in [0.717, 1.165) is 49.9 Å². The lowest BCUT2D eigenvalue weighted by molar-refractivity contribution is -0.745. The van der Waals surface area contributed by atoms with Crippen LogP contribution in [0.4, 0.5) is 17.7 Å². The van der Waals surface area contributed by atoms with Gasteiger partial charge in [0.25, 0.3) is 17.1 Å². The molecule has 0 saturated carbocycles. The van der Waals surface area contributed by atoms with Gasteiger partial charge in [-0.25, -0.2) is 42.8 Å². The molecular formula is C40H59N16O24P4+. The molecule has 3 fully saturated rings. The molecule has 0 spiro atoms. The third-order valence-electron chi connectivity index (χ3n) is 13.5. The number of anilines is 3. The number of amides is 1. The molecule has 84 heavy (non-hydrogen) atoms. The van der Waals surface area contributed by atoms with Crippen molar-refractivity contribution < 1.29 is 108 Å². The van der Waals surface area contributed by atoms with E-state index in [4.69, 9.17) is 54.2 Å². The maximum atomic E-state index is 13.8. The Morgan fingerprint density at radius 2 is 1.35 bits per heavy atom. The zero-order valence-corrected chi connectivity index (χ0v) is 47.7. The van der Waals surface area contributed by atoms with Crippen LogP contribution in [0.1, 0.15) is 57.7 Å². The first kappa shape index (κ1) is 62.9. The number of nitrogens with zero attached hydrogens (tertiary/aromatic N) is 10. The summed E-state index contributed by atoms with van der Waals surface area (Å²) >= 11 is 0. The number of imidazole rings is 3. The van der Waals surface area contributed by atoms with E-state index in [1.165, 1.54) is 27.1 Å².